The van der Waals surface area contributed by atoms with Crippen molar-refractivity contribution in [3.63, 3.8) is 0 Å². The molecule has 0 radical (unpaired) electrons. The molecule has 2 nitrogen and oxygen atoms in total. The zero-order valence-corrected chi connectivity index (χ0v) is 30.2. The van der Waals surface area contributed by atoms with Gasteiger partial charge in [-0.2, -0.15) is 0 Å². The highest BCUT2D eigenvalue weighted by Crippen LogP contribution is 2.80. The van der Waals surface area contributed by atoms with E-state index in [9.17, 15) is 0 Å². The van der Waals surface area contributed by atoms with E-state index < -0.39 is 0 Å². The fourth-order valence-corrected chi connectivity index (χ4v) is 20.6. The molecule has 4 heteroatoms. The molecule has 2 N–H and O–H groups in total. The Bertz CT molecular complexity index is 1310. The Kier molecular flexibility index (Phi) is 7.44. The molecule has 10 aliphatic rings. The third kappa shape index (κ3) is 4.84. The van der Waals surface area contributed by atoms with Gasteiger partial charge in [-0.3, -0.25) is 0 Å². The van der Waals surface area contributed by atoms with Gasteiger partial charge in [0, 0.05) is 5.16 Å². The largest absolute Gasteiger partial charge is 0.316 e. The van der Waals surface area contributed by atoms with Crippen LogP contribution in [0.4, 0.5) is 0 Å². The zero-order valence-electron chi connectivity index (χ0n) is 28.2. The SMILES string of the molecule is PC(c1cc(-c2ccccc2)ccc1CP(C12CC3CC(CC(C3)C1)C2)C12CC3CC(CC(C3)C1)C2)(C1CCNC1)C1CCNC1. The molecule has 2 heterocycles. The van der Waals surface area contributed by atoms with Crippen LogP contribution in [0, 0.1) is 47.3 Å². The van der Waals surface area contributed by atoms with E-state index in [4.69, 9.17) is 0 Å². The highest BCUT2D eigenvalue weighted by atomic mass is 31.1. The van der Waals surface area contributed by atoms with Crippen LogP contribution in [0.15, 0.2) is 48.5 Å². The highest BCUT2D eigenvalue weighted by Gasteiger charge is 2.62. The molecular weight excluding hydrogens is 594 g/mol. The van der Waals surface area contributed by atoms with E-state index >= 15 is 0 Å². The molecule has 0 spiro atoms. The van der Waals surface area contributed by atoms with Crippen molar-refractivity contribution in [1.82, 2.24) is 10.6 Å². The number of nitrogens with one attached hydrogen (secondary N) is 2. The van der Waals surface area contributed by atoms with E-state index in [1.165, 1.54) is 56.3 Å². The lowest BCUT2D eigenvalue weighted by molar-refractivity contribution is 0.0184. The number of rotatable bonds is 8. The second-order valence-electron chi connectivity index (χ2n) is 18.4. The van der Waals surface area contributed by atoms with E-state index in [-0.39, 0.29) is 13.1 Å². The van der Waals surface area contributed by atoms with Gasteiger partial charge in [-0.25, -0.2) is 0 Å². The van der Waals surface area contributed by atoms with Crippen molar-refractivity contribution >= 4 is 17.2 Å². The molecule has 246 valence electrons. The maximum Gasteiger partial charge on any atom is 0.0182 e. The fraction of sp³-hybridized carbons (Fsp3) is 0.714. The molecule has 8 bridgehead atoms. The van der Waals surface area contributed by atoms with Crippen LogP contribution in [-0.4, -0.2) is 36.5 Å². The summed E-state index contributed by atoms with van der Waals surface area (Å²) in [6.07, 6.45) is 23.2. The van der Waals surface area contributed by atoms with Crippen LogP contribution in [0.1, 0.15) is 101 Å². The average Bonchev–Trinajstić information content (AvgIpc) is 3.79. The first kappa shape index (κ1) is 30.1. The summed E-state index contributed by atoms with van der Waals surface area (Å²) < 4.78 is 0. The van der Waals surface area contributed by atoms with Crippen molar-refractivity contribution in [3.8, 4) is 11.1 Å². The van der Waals surface area contributed by atoms with Crippen LogP contribution < -0.4 is 10.6 Å². The van der Waals surface area contributed by atoms with Crippen molar-refractivity contribution < 1.29 is 0 Å². The summed E-state index contributed by atoms with van der Waals surface area (Å²) in [6.45, 7) is 4.71. The maximum atomic E-state index is 3.83. The Morgan fingerprint density at radius 2 is 1.11 bits per heavy atom. The minimum Gasteiger partial charge on any atom is -0.316 e. The maximum absolute atomic E-state index is 3.83. The topological polar surface area (TPSA) is 24.1 Å². The molecule has 8 saturated carbocycles. The van der Waals surface area contributed by atoms with Crippen molar-refractivity contribution in [2.75, 3.05) is 26.2 Å². The van der Waals surface area contributed by atoms with Gasteiger partial charge in [0.1, 0.15) is 0 Å². The summed E-state index contributed by atoms with van der Waals surface area (Å²) in [5, 5.41) is 9.15. The van der Waals surface area contributed by atoms with E-state index in [1.807, 2.05) is 0 Å². The van der Waals surface area contributed by atoms with Crippen LogP contribution in [0.2, 0.25) is 0 Å². The van der Waals surface area contributed by atoms with E-state index in [0.29, 0.717) is 22.1 Å². The van der Waals surface area contributed by atoms with Crippen LogP contribution in [0.3, 0.4) is 0 Å². The summed E-state index contributed by atoms with van der Waals surface area (Å²) in [4.78, 5) is 0. The molecule has 8 aliphatic carbocycles. The molecule has 10 fully saturated rings. The first-order chi connectivity index (χ1) is 22.5. The minimum atomic E-state index is -0.0773. The van der Waals surface area contributed by atoms with Gasteiger partial charge in [-0.15, -0.1) is 9.24 Å². The van der Waals surface area contributed by atoms with Gasteiger partial charge in [0.25, 0.3) is 0 Å². The standard InChI is InChI=1S/C42H58N2P2/c45-42(37-8-10-43-25-37,38-9-11-44-26-38)39-18-35(34-4-2-1-3-5-34)6-7-36(39)27-46(40-19-28-12-29(20-40)14-30(13-28)21-40)41-22-31-15-32(23-41)17-33(16-31)24-41/h1-7,18,28-33,37-38,43-44H,8-17,19-27,45H2. The second kappa shape index (κ2) is 11.4. The molecule has 3 atom stereocenters. The third-order valence-corrected chi connectivity index (χ3v) is 20.9. The van der Waals surface area contributed by atoms with E-state index in [2.05, 4.69) is 68.4 Å². The smallest absolute Gasteiger partial charge is 0.0182 e. The zero-order chi connectivity index (χ0) is 30.5. The molecule has 0 aromatic heterocycles. The minimum absolute atomic E-state index is 0.0773. The molecule has 2 aliphatic heterocycles. The Labute approximate surface area is 282 Å². The molecule has 12 rings (SSSR count). The normalized spacial score (nSPS) is 44.1. The van der Waals surface area contributed by atoms with Gasteiger partial charge < -0.3 is 10.6 Å². The van der Waals surface area contributed by atoms with Crippen LogP contribution in [0.5, 0.6) is 0 Å². The lowest BCUT2D eigenvalue weighted by Crippen LogP contribution is -2.56. The van der Waals surface area contributed by atoms with Gasteiger partial charge >= 0.3 is 0 Å². The molecular formula is C42H58N2P2. The van der Waals surface area contributed by atoms with E-state index in [0.717, 1.165) is 35.5 Å². The van der Waals surface area contributed by atoms with Gasteiger partial charge in [-0.1, -0.05) is 50.4 Å². The van der Waals surface area contributed by atoms with Crippen LogP contribution in [-0.2, 0) is 11.3 Å². The van der Waals surface area contributed by atoms with E-state index in [1.54, 1.807) is 88.2 Å². The molecule has 2 aromatic carbocycles. The lowest BCUT2D eigenvalue weighted by atomic mass is 9.55. The molecule has 2 saturated heterocycles. The number of hydrogen-bond donors (Lipinski definition) is 2. The Morgan fingerprint density at radius 1 is 0.630 bits per heavy atom. The van der Waals surface area contributed by atoms with Crippen molar-refractivity contribution in [1.29, 1.82) is 0 Å². The van der Waals surface area contributed by atoms with Crippen molar-refractivity contribution in [2.24, 2.45) is 47.3 Å². The third-order valence-electron chi connectivity index (χ3n) is 15.6. The molecule has 2 aromatic rings. The Hall–Kier alpha value is -0.780. The van der Waals surface area contributed by atoms with Gasteiger partial charge in [0.15, 0.2) is 0 Å². The first-order valence-electron chi connectivity index (χ1n) is 19.6. The van der Waals surface area contributed by atoms with Gasteiger partial charge in [0.05, 0.1) is 0 Å². The predicted octanol–water partition coefficient (Wildman–Crippen LogP) is 9.56. The summed E-state index contributed by atoms with van der Waals surface area (Å²) >= 11 is 0. The van der Waals surface area contributed by atoms with Gasteiger partial charge in [-0.05, 0) is 208 Å². The molecule has 3 unspecified atom stereocenters. The Morgan fingerprint density at radius 3 is 1.54 bits per heavy atom. The monoisotopic (exact) mass is 652 g/mol. The average molecular weight is 653 g/mol. The fourth-order valence-electron chi connectivity index (χ4n) is 14.6. The summed E-state index contributed by atoms with van der Waals surface area (Å²) in [5.74, 6) is 7.72. The lowest BCUT2D eigenvalue weighted by Gasteiger charge is -2.67. The summed E-state index contributed by atoms with van der Waals surface area (Å²) in [7, 11) is 3.56. The second-order valence-corrected chi connectivity index (χ2v) is 22.4. The van der Waals surface area contributed by atoms with Crippen molar-refractivity contribution in [2.45, 2.75) is 112 Å². The first-order valence-corrected chi connectivity index (χ1v) is 21.8. The predicted molar refractivity (Wildman–Crippen MR) is 198 cm³/mol. The molecule has 0 amide bonds. The van der Waals surface area contributed by atoms with Crippen LogP contribution in [0.25, 0.3) is 11.1 Å². The number of hydrogen-bond acceptors (Lipinski definition) is 2. The van der Waals surface area contributed by atoms with Crippen LogP contribution >= 0.6 is 17.2 Å². The highest BCUT2D eigenvalue weighted by molar-refractivity contribution is 7.60. The van der Waals surface area contributed by atoms with Gasteiger partial charge in [0.2, 0.25) is 0 Å². The quantitative estimate of drug-likeness (QED) is 0.278. The summed E-state index contributed by atoms with van der Waals surface area (Å²) in [5.41, 5.74) is 6.35. The molecule has 46 heavy (non-hydrogen) atoms. The number of benzene rings is 2. The van der Waals surface area contributed by atoms with Crippen molar-refractivity contribution in [3.05, 3.63) is 59.7 Å². The Balaban J connectivity index is 1.13. The summed E-state index contributed by atoms with van der Waals surface area (Å²) in [6, 6.07) is 19.3.